The molecular formula is C10H20O3. The summed E-state index contributed by atoms with van der Waals surface area (Å²) in [6, 6.07) is 0. The summed E-state index contributed by atoms with van der Waals surface area (Å²) in [5.41, 5.74) is 0. The number of ether oxygens (including phenoxy) is 2. The summed E-state index contributed by atoms with van der Waals surface area (Å²) in [7, 11) is 0. The van der Waals surface area contributed by atoms with Gasteiger partial charge in [-0.2, -0.15) is 0 Å². The van der Waals surface area contributed by atoms with Gasteiger partial charge in [0.05, 0.1) is 13.2 Å². The van der Waals surface area contributed by atoms with Crippen LogP contribution in [-0.2, 0) is 9.47 Å². The Morgan fingerprint density at radius 1 is 1.38 bits per heavy atom. The highest BCUT2D eigenvalue weighted by atomic mass is 16.7. The van der Waals surface area contributed by atoms with E-state index >= 15 is 0 Å². The van der Waals surface area contributed by atoms with Gasteiger partial charge in [-0.25, -0.2) is 0 Å². The van der Waals surface area contributed by atoms with Crippen LogP contribution in [0.4, 0.5) is 0 Å². The summed E-state index contributed by atoms with van der Waals surface area (Å²) in [5.74, 6) is 1.08. The summed E-state index contributed by atoms with van der Waals surface area (Å²) < 4.78 is 10.9. The lowest BCUT2D eigenvalue weighted by atomic mass is 9.98. The van der Waals surface area contributed by atoms with Gasteiger partial charge in [0, 0.05) is 5.92 Å². The SMILES string of the molecule is CC(C)CC(C)C1OCC(CO)O1. The van der Waals surface area contributed by atoms with E-state index in [1.807, 2.05) is 0 Å². The Bertz CT molecular complexity index is 147. The van der Waals surface area contributed by atoms with Crippen LogP contribution in [-0.4, -0.2) is 30.7 Å². The largest absolute Gasteiger partial charge is 0.394 e. The van der Waals surface area contributed by atoms with E-state index < -0.39 is 0 Å². The van der Waals surface area contributed by atoms with Crippen LogP contribution in [0.25, 0.3) is 0 Å². The second-order valence-corrected chi connectivity index (χ2v) is 4.25. The average molecular weight is 188 g/mol. The van der Waals surface area contributed by atoms with Gasteiger partial charge >= 0.3 is 0 Å². The summed E-state index contributed by atoms with van der Waals surface area (Å²) in [6.45, 7) is 7.10. The zero-order valence-electron chi connectivity index (χ0n) is 8.69. The highest BCUT2D eigenvalue weighted by Gasteiger charge is 2.29. The van der Waals surface area contributed by atoms with Crippen molar-refractivity contribution in [3.8, 4) is 0 Å². The molecule has 1 rings (SSSR count). The van der Waals surface area contributed by atoms with Crippen molar-refractivity contribution in [3.63, 3.8) is 0 Å². The molecule has 0 saturated carbocycles. The lowest BCUT2D eigenvalue weighted by Crippen LogP contribution is -2.22. The Labute approximate surface area is 80.0 Å². The van der Waals surface area contributed by atoms with Gasteiger partial charge in [-0.05, 0) is 12.3 Å². The molecule has 3 nitrogen and oxygen atoms in total. The molecule has 0 spiro atoms. The zero-order valence-corrected chi connectivity index (χ0v) is 8.69. The molecule has 0 radical (unpaired) electrons. The molecule has 1 fully saturated rings. The van der Waals surface area contributed by atoms with Crippen LogP contribution in [0, 0.1) is 11.8 Å². The lowest BCUT2D eigenvalue weighted by Gasteiger charge is -2.19. The topological polar surface area (TPSA) is 38.7 Å². The van der Waals surface area contributed by atoms with Crippen molar-refractivity contribution in [3.05, 3.63) is 0 Å². The lowest BCUT2D eigenvalue weighted by molar-refractivity contribution is -0.101. The first-order chi connectivity index (χ1) is 6.13. The van der Waals surface area contributed by atoms with Crippen molar-refractivity contribution < 1.29 is 14.6 Å². The first kappa shape index (κ1) is 11.0. The van der Waals surface area contributed by atoms with E-state index in [4.69, 9.17) is 14.6 Å². The number of hydrogen-bond acceptors (Lipinski definition) is 3. The van der Waals surface area contributed by atoms with Gasteiger partial charge in [0.15, 0.2) is 6.29 Å². The number of hydrogen-bond donors (Lipinski definition) is 1. The third-order valence-electron chi connectivity index (χ3n) is 2.28. The molecule has 0 aromatic heterocycles. The number of aliphatic hydroxyl groups is 1. The van der Waals surface area contributed by atoms with Crippen LogP contribution in [0.3, 0.4) is 0 Å². The van der Waals surface area contributed by atoms with Gasteiger partial charge in [-0.1, -0.05) is 20.8 Å². The summed E-state index contributed by atoms with van der Waals surface area (Å²) in [4.78, 5) is 0. The van der Waals surface area contributed by atoms with Gasteiger partial charge in [0.25, 0.3) is 0 Å². The van der Waals surface area contributed by atoms with E-state index in [1.54, 1.807) is 0 Å². The van der Waals surface area contributed by atoms with Gasteiger partial charge in [0.1, 0.15) is 6.10 Å². The van der Waals surface area contributed by atoms with Crippen molar-refractivity contribution in [2.24, 2.45) is 11.8 Å². The van der Waals surface area contributed by atoms with E-state index in [-0.39, 0.29) is 19.0 Å². The zero-order chi connectivity index (χ0) is 9.84. The minimum atomic E-state index is -0.112. The molecule has 1 aliphatic rings. The van der Waals surface area contributed by atoms with Crippen LogP contribution in [0.5, 0.6) is 0 Å². The van der Waals surface area contributed by atoms with Crippen molar-refractivity contribution in [2.45, 2.75) is 39.6 Å². The third kappa shape index (κ3) is 3.25. The molecular weight excluding hydrogens is 168 g/mol. The maximum absolute atomic E-state index is 8.84. The van der Waals surface area contributed by atoms with Crippen molar-refractivity contribution in [1.82, 2.24) is 0 Å². The minimum absolute atomic E-state index is 0.0604. The van der Waals surface area contributed by atoms with Gasteiger partial charge in [0.2, 0.25) is 0 Å². The van der Waals surface area contributed by atoms with E-state index in [9.17, 15) is 0 Å². The predicted molar refractivity (Wildman–Crippen MR) is 50.3 cm³/mol. The standard InChI is InChI=1S/C10H20O3/c1-7(2)4-8(3)10-12-6-9(5-11)13-10/h7-11H,4-6H2,1-3H3. The second kappa shape index (κ2) is 4.94. The highest BCUT2D eigenvalue weighted by molar-refractivity contribution is 4.69. The van der Waals surface area contributed by atoms with Gasteiger partial charge in [-0.3, -0.25) is 0 Å². The van der Waals surface area contributed by atoms with E-state index in [1.165, 1.54) is 0 Å². The Hall–Kier alpha value is -0.120. The first-order valence-electron chi connectivity index (χ1n) is 5.01. The highest BCUT2D eigenvalue weighted by Crippen LogP contribution is 2.23. The molecule has 3 heteroatoms. The number of rotatable bonds is 4. The molecule has 0 aromatic rings. The van der Waals surface area contributed by atoms with Crippen LogP contribution in [0.15, 0.2) is 0 Å². The van der Waals surface area contributed by atoms with Crippen LogP contribution >= 0.6 is 0 Å². The fraction of sp³-hybridized carbons (Fsp3) is 1.00. The molecule has 78 valence electrons. The average Bonchev–Trinajstić information content (AvgIpc) is 2.50. The fourth-order valence-corrected chi connectivity index (χ4v) is 1.72. The minimum Gasteiger partial charge on any atom is -0.394 e. The molecule has 0 aromatic carbocycles. The monoisotopic (exact) mass is 188 g/mol. The molecule has 13 heavy (non-hydrogen) atoms. The summed E-state index contributed by atoms with van der Waals surface area (Å²) in [6.07, 6.45) is 0.877. The third-order valence-corrected chi connectivity index (χ3v) is 2.28. The molecule has 3 unspecified atom stereocenters. The van der Waals surface area contributed by atoms with E-state index in [2.05, 4.69) is 20.8 Å². The Balaban J connectivity index is 2.28. The molecule has 3 atom stereocenters. The fourth-order valence-electron chi connectivity index (χ4n) is 1.72. The predicted octanol–water partition coefficient (Wildman–Crippen LogP) is 1.40. The van der Waals surface area contributed by atoms with Crippen LogP contribution in [0.1, 0.15) is 27.2 Å². The van der Waals surface area contributed by atoms with Crippen LogP contribution < -0.4 is 0 Å². The Morgan fingerprint density at radius 2 is 2.08 bits per heavy atom. The molecule has 0 bridgehead atoms. The van der Waals surface area contributed by atoms with E-state index in [0.717, 1.165) is 6.42 Å². The maximum atomic E-state index is 8.84. The molecule has 1 heterocycles. The Kier molecular flexibility index (Phi) is 4.16. The first-order valence-corrected chi connectivity index (χ1v) is 5.01. The summed E-state index contributed by atoms with van der Waals surface area (Å²) >= 11 is 0. The second-order valence-electron chi connectivity index (χ2n) is 4.25. The number of aliphatic hydroxyl groups excluding tert-OH is 1. The Morgan fingerprint density at radius 3 is 2.54 bits per heavy atom. The molecule has 1 N–H and O–H groups in total. The van der Waals surface area contributed by atoms with Crippen molar-refractivity contribution in [2.75, 3.05) is 13.2 Å². The van der Waals surface area contributed by atoms with Crippen molar-refractivity contribution in [1.29, 1.82) is 0 Å². The quantitative estimate of drug-likeness (QED) is 0.724. The van der Waals surface area contributed by atoms with Crippen molar-refractivity contribution >= 4 is 0 Å². The maximum Gasteiger partial charge on any atom is 0.160 e. The molecule has 0 amide bonds. The van der Waals surface area contributed by atoms with Gasteiger partial charge < -0.3 is 14.6 Å². The molecule has 0 aliphatic carbocycles. The normalized spacial score (nSPS) is 31.2. The molecule has 1 aliphatic heterocycles. The van der Waals surface area contributed by atoms with Gasteiger partial charge in [-0.15, -0.1) is 0 Å². The smallest absolute Gasteiger partial charge is 0.160 e. The van der Waals surface area contributed by atoms with Crippen LogP contribution in [0.2, 0.25) is 0 Å². The molecule has 1 saturated heterocycles. The van der Waals surface area contributed by atoms with E-state index in [0.29, 0.717) is 18.4 Å². The summed E-state index contributed by atoms with van der Waals surface area (Å²) in [5, 5.41) is 8.84.